The Labute approximate surface area is 421 Å². The number of aromatic hydroxyl groups is 2. The number of carbonyl (C=O) groups excluding carboxylic acids is 4. The van der Waals surface area contributed by atoms with Gasteiger partial charge in [0.2, 0.25) is 11.8 Å². The third-order valence-electron chi connectivity index (χ3n) is 13.2. The number of nitrogens with two attached hydrogens (primary N) is 4. The van der Waals surface area contributed by atoms with Crippen LogP contribution in [0, 0.1) is 18.8 Å². The summed E-state index contributed by atoms with van der Waals surface area (Å²) in [6, 6.07) is 7.20. The summed E-state index contributed by atoms with van der Waals surface area (Å²) in [5, 5.41) is 61.9. The fourth-order valence-corrected chi connectivity index (χ4v) is 9.51. The second-order valence-corrected chi connectivity index (χ2v) is 20.5. The van der Waals surface area contributed by atoms with E-state index < -0.39 is 107 Å². The predicted octanol–water partition coefficient (Wildman–Crippen LogP) is 0.636. The van der Waals surface area contributed by atoms with E-state index in [1.54, 1.807) is 6.07 Å². The standard InChI is InChI=1S/C49H63N9O14S/c1-23-12-37(62)41(26-15-33(43(64)39(17-26)72-22-29(60)19-51)32-13-25(14-35(48(67)68)56-46(23)65)6-9-38(32)71-21-28(59)18-50)58(5)47(66)27(20-54-73(53,69)70)16-36(61)40-24(2)55-45(57-44(40)52)31-7-8-34-30(42(31)63)10-11-49(34,3)4/h6-9,13,15,17,23,27-29,35,41,54,59-60,63-64H,10-12,14,16,18-22,50-51H2,1-5H3,(H,56,65)(H,67,68)(H2,52,55,57)(H2,53,69,70)/t23-,27+,28-,29-,35+,41+/m1/s1. The molecule has 1 aliphatic carbocycles. The molecule has 2 aliphatic rings. The molecule has 0 spiro atoms. The topological polar surface area (TPSA) is 396 Å². The maximum atomic E-state index is 15.0. The third-order valence-corrected chi connectivity index (χ3v) is 13.7. The Hall–Kier alpha value is -6.80. The molecule has 0 unspecified atom stereocenters. The lowest BCUT2D eigenvalue weighted by Gasteiger charge is -2.32. The summed E-state index contributed by atoms with van der Waals surface area (Å²) in [6.07, 6.45) is -2.63. The first-order chi connectivity index (χ1) is 34.2. The van der Waals surface area contributed by atoms with E-state index in [0.29, 0.717) is 12.0 Å². The first kappa shape index (κ1) is 55.5. The molecule has 0 radical (unpaired) electrons. The number of ketones is 2. The van der Waals surface area contributed by atoms with Gasteiger partial charge in [-0.15, -0.1) is 0 Å². The fraction of sp³-hybridized carbons (Fsp3) is 0.449. The minimum atomic E-state index is -4.52. The lowest BCUT2D eigenvalue weighted by Crippen LogP contribution is -2.46. The molecular formula is C49H63N9O14S. The Balaban J connectivity index is 1.47. The van der Waals surface area contributed by atoms with Crippen molar-refractivity contribution in [3.8, 4) is 45.5 Å². The fourth-order valence-electron chi connectivity index (χ4n) is 9.07. The average Bonchev–Trinajstić information content (AvgIpc) is 3.64. The predicted molar refractivity (Wildman–Crippen MR) is 265 cm³/mol. The number of nitrogen functional groups attached to an aromatic ring is 1. The van der Waals surface area contributed by atoms with Crippen molar-refractivity contribution in [2.75, 3.05) is 45.6 Å². The van der Waals surface area contributed by atoms with Crippen LogP contribution >= 0.6 is 0 Å². The molecule has 6 rings (SSSR count). The summed E-state index contributed by atoms with van der Waals surface area (Å²) in [6.45, 7) is 4.93. The summed E-state index contributed by atoms with van der Waals surface area (Å²) in [4.78, 5) is 80.2. The lowest BCUT2D eigenvalue weighted by atomic mass is 9.86. The number of phenolic OH excluding ortho intramolecular Hbond substituents is 2. The molecule has 4 aromatic rings. The molecule has 6 atom stereocenters. The van der Waals surface area contributed by atoms with E-state index in [2.05, 4.69) is 33.9 Å². The number of hydrogen-bond donors (Lipinski definition) is 11. The zero-order chi connectivity index (χ0) is 53.9. The number of aromatic nitrogens is 2. The number of carbonyl (C=O) groups is 5. The van der Waals surface area contributed by atoms with Gasteiger partial charge in [-0.3, -0.25) is 19.2 Å². The quantitative estimate of drug-likeness (QED) is 0.0609. The van der Waals surface area contributed by atoms with Crippen LogP contribution in [0.25, 0.3) is 22.5 Å². The molecule has 24 heteroatoms. The van der Waals surface area contributed by atoms with Crippen molar-refractivity contribution in [3.05, 3.63) is 76.0 Å². The number of aliphatic hydroxyl groups excluding tert-OH is 2. The number of anilines is 1. The van der Waals surface area contributed by atoms with Crippen molar-refractivity contribution in [3.63, 3.8) is 0 Å². The molecule has 0 fully saturated rings. The molecule has 73 heavy (non-hydrogen) atoms. The highest BCUT2D eigenvalue weighted by Crippen LogP contribution is 2.47. The minimum absolute atomic E-state index is 0.0206. The van der Waals surface area contributed by atoms with Crippen LogP contribution in [0.1, 0.15) is 84.4 Å². The summed E-state index contributed by atoms with van der Waals surface area (Å²) < 4.78 is 38.5. The molecule has 2 amide bonds. The second-order valence-electron chi connectivity index (χ2n) is 19.2. The number of ether oxygens (including phenoxy) is 2. The minimum Gasteiger partial charge on any atom is -0.507 e. The van der Waals surface area contributed by atoms with Crippen LogP contribution in [-0.2, 0) is 47.6 Å². The lowest BCUT2D eigenvalue weighted by molar-refractivity contribution is -0.143. The van der Waals surface area contributed by atoms with Crippen molar-refractivity contribution >= 4 is 45.4 Å². The number of aryl methyl sites for hydroxylation is 1. The zero-order valence-electron chi connectivity index (χ0n) is 41.0. The number of fused-ring (bicyclic) bond motifs is 6. The van der Waals surface area contributed by atoms with Gasteiger partial charge in [-0.05, 0) is 77.8 Å². The molecule has 0 saturated heterocycles. The van der Waals surface area contributed by atoms with E-state index in [9.17, 15) is 53.1 Å². The van der Waals surface area contributed by atoms with Gasteiger partial charge in [0.05, 0.1) is 22.7 Å². The van der Waals surface area contributed by atoms with E-state index in [1.807, 2.05) is 6.07 Å². The molecule has 4 bridgehead atoms. The Bertz CT molecular complexity index is 2890. The molecule has 1 aromatic heterocycles. The number of amides is 2. The second kappa shape index (κ2) is 22.5. The first-order valence-electron chi connectivity index (χ1n) is 23.4. The van der Waals surface area contributed by atoms with Crippen LogP contribution in [0.4, 0.5) is 5.82 Å². The molecule has 0 saturated carbocycles. The molecule has 23 nitrogen and oxygen atoms in total. The molecular weight excluding hydrogens is 971 g/mol. The van der Waals surface area contributed by atoms with Gasteiger partial charge >= 0.3 is 5.97 Å². The Morgan fingerprint density at radius 1 is 0.932 bits per heavy atom. The summed E-state index contributed by atoms with van der Waals surface area (Å²) in [5.74, 6) is -8.92. The number of phenols is 2. The van der Waals surface area contributed by atoms with E-state index in [1.165, 1.54) is 51.2 Å². The van der Waals surface area contributed by atoms with E-state index in [-0.39, 0.29) is 93.9 Å². The number of nitrogens with zero attached hydrogens (tertiary/aromatic N) is 3. The molecule has 15 N–H and O–H groups in total. The number of benzene rings is 3. The van der Waals surface area contributed by atoms with E-state index in [0.717, 1.165) is 22.4 Å². The number of rotatable bonds is 18. The summed E-state index contributed by atoms with van der Waals surface area (Å²) in [5.41, 5.74) is 19.6. The SMILES string of the molecule is Cc1nc(-c2ccc3c(c2O)CCC3(C)C)nc(N)c1C(=O)C[C@@H](CNS(N)(=O)=O)C(=O)N(C)[C@@H]1C(=O)C[C@@H](C)C(=O)N[C@H](C(=O)O)Cc2ccc(OC[C@H](O)CN)c(c2)-c2cc1cc(OC[C@H](O)CN)c2O. The van der Waals surface area contributed by atoms with Crippen LogP contribution in [0.2, 0.25) is 0 Å². The monoisotopic (exact) mass is 1030 g/mol. The van der Waals surface area contributed by atoms with Crippen molar-refractivity contribution in [1.29, 1.82) is 0 Å². The van der Waals surface area contributed by atoms with Crippen LogP contribution in [0.3, 0.4) is 0 Å². The number of likely N-dealkylation sites (N-methyl/N-ethyl adjacent to an activating group) is 1. The number of carboxylic acid groups (broad SMARTS) is 1. The third kappa shape index (κ3) is 12.7. The number of Topliss-reactive ketones (excluding diaryl/α,β-unsaturated/α-hetero) is 2. The highest BCUT2D eigenvalue weighted by atomic mass is 32.2. The van der Waals surface area contributed by atoms with Gasteiger partial charge in [-0.1, -0.05) is 32.9 Å². The van der Waals surface area contributed by atoms with Crippen LogP contribution in [0.15, 0.2) is 42.5 Å². The largest absolute Gasteiger partial charge is 0.507 e. The van der Waals surface area contributed by atoms with E-state index in [4.69, 9.17) is 31.8 Å². The molecule has 394 valence electrons. The van der Waals surface area contributed by atoms with Crippen LogP contribution < -0.4 is 41.9 Å². The van der Waals surface area contributed by atoms with Crippen molar-refractivity contribution in [1.82, 2.24) is 24.9 Å². The summed E-state index contributed by atoms with van der Waals surface area (Å²) in [7, 11) is -3.33. The van der Waals surface area contributed by atoms with Gasteiger partial charge in [0, 0.05) is 63.0 Å². The molecule has 1 aliphatic heterocycles. The highest BCUT2D eigenvalue weighted by molar-refractivity contribution is 7.87. The van der Waals surface area contributed by atoms with Crippen molar-refractivity contribution < 1.29 is 67.4 Å². The summed E-state index contributed by atoms with van der Waals surface area (Å²) >= 11 is 0. The zero-order valence-corrected chi connectivity index (χ0v) is 41.9. The number of hydrogen-bond acceptors (Lipinski definition) is 18. The number of nitrogens with one attached hydrogen (secondary N) is 2. The molecule has 3 aromatic carbocycles. The number of aliphatic hydroxyl groups is 2. The van der Waals surface area contributed by atoms with Gasteiger partial charge in [0.15, 0.2) is 28.9 Å². The maximum absolute atomic E-state index is 15.0. The van der Waals surface area contributed by atoms with Crippen molar-refractivity contribution in [2.45, 2.75) is 89.5 Å². The molecule has 2 heterocycles. The van der Waals surface area contributed by atoms with Gasteiger partial charge in [-0.25, -0.2) is 24.6 Å². The number of aliphatic carboxylic acids is 1. The Morgan fingerprint density at radius 2 is 1.59 bits per heavy atom. The normalized spacial score (nSPS) is 18.9. The first-order valence-corrected chi connectivity index (χ1v) is 24.9. The van der Waals surface area contributed by atoms with Crippen LogP contribution in [0.5, 0.6) is 23.0 Å². The Morgan fingerprint density at radius 3 is 2.21 bits per heavy atom. The van der Waals surface area contributed by atoms with Gasteiger partial charge < -0.3 is 62.4 Å². The number of carboxylic acids is 1. The average molecular weight is 1030 g/mol. The maximum Gasteiger partial charge on any atom is 0.326 e. The van der Waals surface area contributed by atoms with E-state index >= 15 is 4.79 Å². The van der Waals surface area contributed by atoms with Gasteiger partial charge in [0.25, 0.3) is 10.2 Å². The highest BCUT2D eigenvalue weighted by Gasteiger charge is 2.38. The van der Waals surface area contributed by atoms with Gasteiger partial charge in [0.1, 0.15) is 54.8 Å². The van der Waals surface area contributed by atoms with Gasteiger partial charge in [-0.2, -0.15) is 8.42 Å². The smallest absolute Gasteiger partial charge is 0.326 e. The van der Waals surface area contributed by atoms with Crippen molar-refractivity contribution in [2.24, 2.45) is 28.4 Å². The Kier molecular flexibility index (Phi) is 17.1. The van der Waals surface area contributed by atoms with Crippen LogP contribution in [-0.4, -0.2) is 136 Å².